The summed E-state index contributed by atoms with van der Waals surface area (Å²) in [7, 11) is 0. The summed E-state index contributed by atoms with van der Waals surface area (Å²) in [6, 6.07) is 2.30. The summed E-state index contributed by atoms with van der Waals surface area (Å²) in [6.07, 6.45) is 3.29. The third-order valence-electron chi connectivity index (χ3n) is 1.76. The van der Waals surface area contributed by atoms with Crippen molar-refractivity contribution in [3.8, 4) is 6.07 Å². The van der Waals surface area contributed by atoms with Gasteiger partial charge < -0.3 is 5.32 Å². The first-order valence-electron chi connectivity index (χ1n) is 3.54. The van der Waals surface area contributed by atoms with Gasteiger partial charge in [-0.05, 0) is 32.4 Å². The van der Waals surface area contributed by atoms with E-state index in [-0.39, 0.29) is 0 Å². The molecule has 0 radical (unpaired) electrons. The van der Waals surface area contributed by atoms with E-state index in [2.05, 4.69) is 11.4 Å². The molecule has 1 rings (SSSR count). The molecule has 1 heterocycles. The average molecular weight is 124 g/mol. The Morgan fingerprint density at radius 3 is 3.00 bits per heavy atom. The molecule has 9 heavy (non-hydrogen) atoms. The Labute approximate surface area is 55.9 Å². The zero-order valence-electron chi connectivity index (χ0n) is 5.56. The standard InChI is InChI=1S/C7H12N2/c8-6-7-2-1-4-9-5-3-7/h7,9H,1-5H2/t7-/m1/s1. The van der Waals surface area contributed by atoms with Gasteiger partial charge in [-0.3, -0.25) is 0 Å². The molecule has 1 fully saturated rings. The monoisotopic (exact) mass is 124 g/mol. The number of rotatable bonds is 0. The van der Waals surface area contributed by atoms with Crippen molar-refractivity contribution >= 4 is 0 Å². The highest BCUT2D eigenvalue weighted by molar-refractivity contribution is 4.84. The normalized spacial score (nSPS) is 28.6. The Balaban J connectivity index is 2.29. The second-order valence-electron chi connectivity index (χ2n) is 2.51. The van der Waals surface area contributed by atoms with E-state index in [1.165, 1.54) is 0 Å². The van der Waals surface area contributed by atoms with Crippen LogP contribution in [0, 0.1) is 17.2 Å². The lowest BCUT2D eigenvalue weighted by Crippen LogP contribution is -2.13. The van der Waals surface area contributed by atoms with Gasteiger partial charge in [-0.25, -0.2) is 0 Å². The van der Waals surface area contributed by atoms with Crippen molar-refractivity contribution in [3.05, 3.63) is 0 Å². The summed E-state index contributed by atoms with van der Waals surface area (Å²) in [6.45, 7) is 2.12. The van der Waals surface area contributed by atoms with Crippen LogP contribution in [0.1, 0.15) is 19.3 Å². The Hall–Kier alpha value is -0.550. The van der Waals surface area contributed by atoms with E-state index in [1.54, 1.807) is 0 Å². The van der Waals surface area contributed by atoms with Crippen LogP contribution in [0.2, 0.25) is 0 Å². The minimum absolute atomic E-state index is 0.319. The van der Waals surface area contributed by atoms with Gasteiger partial charge in [-0.2, -0.15) is 5.26 Å². The molecular formula is C7H12N2. The van der Waals surface area contributed by atoms with Crippen LogP contribution in [-0.2, 0) is 0 Å². The number of nitriles is 1. The van der Waals surface area contributed by atoms with Crippen LogP contribution in [0.4, 0.5) is 0 Å². The lowest BCUT2D eigenvalue weighted by Gasteiger charge is -1.99. The summed E-state index contributed by atoms with van der Waals surface area (Å²) < 4.78 is 0. The summed E-state index contributed by atoms with van der Waals surface area (Å²) in [5, 5.41) is 11.8. The van der Waals surface area contributed by atoms with E-state index < -0.39 is 0 Å². The highest BCUT2D eigenvalue weighted by Crippen LogP contribution is 2.10. The first-order chi connectivity index (χ1) is 4.43. The Morgan fingerprint density at radius 2 is 2.22 bits per heavy atom. The molecule has 1 N–H and O–H groups in total. The molecule has 1 aliphatic rings. The van der Waals surface area contributed by atoms with Gasteiger partial charge in [0.05, 0.1) is 6.07 Å². The van der Waals surface area contributed by atoms with Crippen molar-refractivity contribution in [1.29, 1.82) is 5.26 Å². The van der Waals surface area contributed by atoms with Crippen LogP contribution in [0.5, 0.6) is 0 Å². The van der Waals surface area contributed by atoms with Crippen molar-refractivity contribution < 1.29 is 0 Å². The topological polar surface area (TPSA) is 35.8 Å². The van der Waals surface area contributed by atoms with Crippen LogP contribution in [0.3, 0.4) is 0 Å². The summed E-state index contributed by atoms with van der Waals surface area (Å²) >= 11 is 0. The lowest BCUT2D eigenvalue weighted by molar-refractivity contribution is 0.588. The third-order valence-corrected chi connectivity index (χ3v) is 1.76. The van der Waals surface area contributed by atoms with Crippen LogP contribution >= 0.6 is 0 Å². The van der Waals surface area contributed by atoms with Gasteiger partial charge >= 0.3 is 0 Å². The molecule has 0 aromatic carbocycles. The molecule has 0 bridgehead atoms. The molecular weight excluding hydrogens is 112 g/mol. The minimum atomic E-state index is 0.319. The summed E-state index contributed by atoms with van der Waals surface area (Å²) in [4.78, 5) is 0. The van der Waals surface area contributed by atoms with E-state index in [4.69, 9.17) is 5.26 Å². The van der Waals surface area contributed by atoms with Crippen molar-refractivity contribution in [2.45, 2.75) is 19.3 Å². The Kier molecular flexibility index (Phi) is 2.53. The van der Waals surface area contributed by atoms with Gasteiger partial charge in [-0.15, -0.1) is 0 Å². The van der Waals surface area contributed by atoms with Crippen LogP contribution in [-0.4, -0.2) is 13.1 Å². The number of hydrogen-bond donors (Lipinski definition) is 1. The quantitative estimate of drug-likeness (QED) is 0.520. The maximum Gasteiger partial charge on any atom is 0.0656 e. The molecule has 0 aliphatic carbocycles. The Morgan fingerprint density at radius 1 is 1.33 bits per heavy atom. The molecule has 2 nitrogen and oxygen atoms in total. The molecule has 50 valence electrons. The molecule has 0 spiro atoms. The highest BCUT2D eigenvalue weighted by Gasteiger charge is 2.08. The fourth-order valence-electron chi connectivity index (χ4n) is 1.15. The van der Waals surface area contributed by atoms with Gasteiger partial charge in [0.2, 0.25) is 0 Å². The predicted molar refractivity (Wildman–Crippen MR) is 35.8 cm³/mol. The molecule has 0 saturated carbocycles. The zero-order valence-corrected chi connectivity index (χ0v) is 5.56. The number of nitrogens with zero attached hydrogens (tertiary/aromatic N) is 1. The second kappa shape index (κ2) is 3.47. The molecule has 1 atom stereocenters. The van der Waals surface area contributed by atoms with Crippen molar-refractivity contribution in [2.75, 3.05) is 13.1 Å². The highest BCUT2D eigenvalue weighted by atomic mass is 14.8. The largest absolute Gasteiger partial charge is 0.317 e. The van der Waals surface area contributed by atoms with Crippen LogP contribution < -0.4 is 5.32 Å². The smallest absolute Gasteiger partial charge is 0.0656 e. The number of nitrogens with one attached hydrogen (secondary N) is 1. The van der Waals surface area contributed by atoms with Crippen molar-refractivity contribution in [2.24, 2.45) is 5.92 Å². The van der Waals surface area contributed by atoms with E-state index in [1.807, 2.05) is 0 Å². The van der Waals surface area contributed by atoms with Crippen molar-refractivity contribution in [3.63, 3.8) is 0 Å². The zero-order chi connectivity index (χ0) is 6.53. The third kappa shape index (κ3) is 2.03. The maximum atomic E-state index is 8.54. The Bertz CT molecular complexity index is 107. The van der Waals surface area contributed by atoms with Crippen LogP contribution in [0.15, 0.2) is 0 Å². The summed E-state index contributed by atoms with van der Waals surface area (Å²) in [5.74, 6) is 0.319. The summed E-state index contributed by atoms with van der Waals surface area (Å²) in [5.41, 5.74) is 0. The van der Waals surface area contributed by atoms with E-state index in [0.29, 0.717) is 5.92 Å². The fourth-order valence-corrected chi connectivity index (χ4v) is 1.15. The molecule has 0 amide bonds. The predicted octanol–water partition coefficient (Wildman–Crippen LogP) is 0.900. The minimum Gasteiger partial charge on any atom is -0.317 e. The maximum absolute atomic E-state index is 8.54. The molecule has 2 heteroatoms. The van der Waals surface area contributed by atoms with Crippen molar-refractivity contribution in [1.82, 2.24) is 5.32 Å². The van der Waals surface area contributed by atoms with Gasteiger partial charge in [0.1, 0.15) is 0 Å². The number of hydrogen-bond acceptors (Lipinski definition) is 2. The van der Waals surface area contributed by atoms with E-state index in [0.717, 1.165) is 32.4 Å². The molecule has 0 unspecified atom stereocenters. The molecule has 1 aliphatic heterocycles. The van der Waals surface area contributed by atoms with Gasteiger partial charge in [0.15, 0.2) is 0 Å². The van der Waals surface area contributed by atoms with Crippen LogP contribution in [0.25, 0.3) is 0 Å². The van der Waals surface area contributed by atoms with Gasteiger partial charge in [0, 0.05) is 5.92 Å². The van der Waals surface area contributed by atoms with E-state index >= 15 is 0 Å². The fraction of sp³-hybridized carbons (Fsp3) is 0.857. The molecule has 0 aromatic rings. The SMILES string of the molecule is N#C[C@@H]1CCCNCC1. The van der Waals surface area contributed by atoms with Gasteiger partial charge in [0.25, 0.3) is 0 Å². The lowest BCUT2D eigenvalue weighted by atomic mass is 10.0. The first-order valence-corrected chi connectivity index (χ1v) is 3.54. The van der Waals surface area contributed by atoms with Gasteiger partial charge in [-0.1, -0.05) is 0 Å². The molecule has 0 aromatic heterocycles. The second-order valence-corrected chi connectivity index (χ2v) is 2.51. The molecule has 1 saturated heterocycles. The van der Waals surface area contributed by atoms with E-state index in [9.17, 15) is 0 Å². The average Bonchev–Trinajstić information content (AvgIpc) is 2.13. The first kappa shape index (κ1) is 6.57.